The predicted molar refractivity (Wildman–Crippen MR) is 67.3 cm³/mol. The molecule has 1 aromatic carbocycles. The molecule has 0 atom stereocenters. The van der Waals surface area contributed by atoms with Crippen molar-refractivity contribution in [1.29, 1.82) is 0 Å². The first-order valence-corrected chi connectivity index (χ1v) is 6.01. The summed E-state index contributed by atoms with van der Waals surface area (Å²) in [7, 11) is 0. The molecule has 1 aliphatic carbocycles. The Morgan fingerprint density at radius 1 is 1.20 bits per heavy atom. The van der Waals surface area contributed by atoms with E-state index in [9.17, 15) is 0 Å². The molecule has 0 radical (unpaired) electrons. The highest BCUT2D eigenvalue weighted by Gasteiger charge is 2.12. The van der Waals surface area contributed by atoms with E-state index in [1.54, 1.807) is 5.57 Å². The standard InChI is InChI=1S/C14H17Cl/c1-10-7-8-14(15)13(9-10)11(2)12-5-3-4-6-12/h7-9H,3-6H2,1-2H3. The van der Waals surface area contributed by atoms with Crippen LogP contribution in [0.3, 0.4) is 0 Å². The fourth-order valence-electron chi connectivity index (χ4n) is 2.29. The molecule has 1 heteroatoms. The summed E-state index contributed by atoms with van der Waals surface area (Å²) < 4.78 is 0. The van der Waals surface area contributed by atoms with Gasteiger partial charge in [-0.1, -0.05) is 34.9 Å². The number of allylic oxidation sites excluding steroid dienone is 2. The second kappa shape index (κ2) is 4.40. The van der Waals surface area contributed by atoms with Gasteiger partial charge in [0.15, 0.2) is 0 Å². The van der Waals surface area contributed by atoms with Crippen molar-refractivity contribution in [2.75, 3.05) is 0 Å². The highest BCUT2D eigenvalue weighted by atomic mass is 35.5. The summed E-state index contributed by atoms with van der Waals surface area (Å²) in [5, 5.41) is 0.887. The Kier molecular flexibility index (Phi) is 3.16. The van der Waals surface area contributed by atoms with Crippen LogP contribution in [0.4, 0.5) is 0 Å². The Hall–Kier alpha value is -0.750. The first-order chi connectivity index (χ1) is 7.18. The summed E-state index contributed by atoms with van der Waals surface area (Å²) in [6.07, 6.45) is 5.21. The van der Waals surface area contributed by atoms with Gasteiger partial charge in [0.05, 0.1) is 0 Å². The summed E-state index contributed by atoms with van der Waals surface area (Å²) in [5.74, 6) is 0. The third-order valence-electron chi connectivity index (χ3n) is 3.26. The van der Waals surface area contributed by atoms with Gasteiger partial charge in [-0.3, -0.25) is 0 Å². The highest BCUT2D eigenvalue weighted by Crippen LogP contribution is 2.34. The van der Waals surface area contributed by atoms with Crippen LogP contribution >= 0.6 is 11.6 Å². The maximum atomic E-state index is 6.24. The first-order valence-electron chi connectivity index (χ1n) is 5.63. The summed E-state index contributed by atoms with van der Waals surface area (Å²) in [6, 6.07) is 6.27. The molecule has 1 aromatic rings. The number of aryl methyl sites for hydroxylation is 1. The number of benzene rings is 1. The van der Waals surface area contributed by atoms with Gasteiger partial charge >= 0.3 is 0 Å². The van der Waals surface area contributed by atoms with E-state index in [1.807, 2.05) is 6.07 Å². The normalized spacial score (nSPS) is 15.8. The maximum absolute atomic E-state index is 6.24. The second-order valence-corrected chi connectivity index (χ2v) is 4.83. The van der Waals surface area contributed by atoms with Gasteiger partial charge in [-0.15, -0.1) is 0 Å². The van der Waals surface area contributed by atoms with E-state index < -0.39 is 0 Å². The van der Waals surface area contributed by atoms with E-state index in [2.05, 4.69) is 26.0 Å². The van der Waals surface area contributed by atoms with Crippen LogP contribution in [0.5, 0.6) is 0 Å². The van der Waals surface area contributed by atoms with Crippen LogP contribution in [0, 0.1) is 6.92 Å². The molecule has 0 amide bonds. The zero-order valence-electron chi connectivity index (χ0n) is 9.44. The lowest BCUT2D eigenvalue weighted by molar-refractivity contribution is 0.886. The Morgan fingerprint density at radius 3 is 2.53 bits per heavy atom. The van der Waals surface area contributed by atoms with E-state index in [-0.39, 0.29) is 0 Å². The molecule has 0 heterocycles. The zero-order valence-corrected chi connectivity index (χ0v) is 10.2. The van der Waals surface area contributed by atoms with Crippen LogP contribution in [0.2, 0.25) is 5.02 Å². The minimum atomic E-state index is 0.887. The third kappa shape index (κ3) is 2.26. The SMILES string of the molecule is CC(=C1CCCC1)c1cc(C)ccc1Cl. The van der Waals surface area contributed by atoms with Gasteiger partial charge in [0.25, 0.3) is 0 Å². The summed E-state index contributed by atoms with van der Waals surface area (Å²) in [5.41, 5.74) is 5.52. The van der Waals surface area contributed by atoms with Crippen LogP contribution in [-0.4, -0.2) is 0 Å². The lowest BCUT2D eigenvalue weighted by atomic mass is 9.99. The molecule has 0 saturated heterocycles. The summed E-state index contributed by atoms with van der Waals surface area (Å²) in [6.45, 7) is 4.33. The smallest absolute Gasteiger partial charge is 0.0481 e. The Bertz CT molecular complexity index is 394. The van der Waals surface area contributed by atoms with Crippen LogP contribution in [0.15, 0.2) is 23.8 Å². The van der Waals surface area contributed by atoms with Crippen molar-refractivity contribution in [1.82, 2.24) is 0 Å². The summed E-state index contributed by atoms with van der Waals surface area (Å²) in [4.78, 5) is 0. The number of rotatable bonds is 1. The van der Waals surface area contributed by atoms with Gasteiger partial charge in [-0.25, -0.2) is 0 Å². The average molecular weight is 221 g/mol. The van der Waals surface area contributed by atoms with Crippen molar-refractivity contribution in [3.05, 3.63) is 39.9 Å². The van der Waals surface area contributed by atoms with Gasteiger partial charge in [-0.2, -0.15) is 0 Å². The number of halogens is 1. The van der Waals surface area contributed by atoms with Crippen LogP contribution in [-0.2, 0) is 0 Å². The lowest BCUT2D eigenvalue weighted by Crippen LogP contribution is -1.87. The van der Waals surface area contributed by atoms with Crippen LogP contribution in [0.25, 0.3) is 5.57 Å². The predicted octanol–water partition coefficient (Wildman–Crippen LogP) is 5.00. The van der Waals surface area contributed by atoms with E-state index in [1.165, 1.54) is 42.4 Å². The van der Waals surface area contributed by atoms with Crippen molar-refractivity contribution >= 4 is 17.2 Å². The summed E-state index contributed by atoms with van der Waals surface area (Å²) >= 11 is 6.24. The van der Waals surface area contributed by atoms with Crippen molar-refractivity contribution in [2.45, 2.75) is 39.5 Å². The number of hydrogen-bond acceptors (Lipinski definition) is 0. The van der Waals surface area contributed by atoms with Gasteiger partial charge in [0, 0.05) is 5.02 Å². The molecular formula is C14H17Cl. The minimum absolute atomic E-state index is 0.887. The molecule has 1 fully saturated rings. The van der Waals surface area contributed by atoms with E-state index in [0.29, 0.717) is 0 Å². The fraction of sp³-hybridized carbons (Fsp3) is 0.429. The third-order valence-corrected chi connectivity index (χ3v) is 3.59. The highest BCUT2D eigenvalue weighted by molar-refractivity contribution is 6.32. The monoisotopic (exact) mass is 220 g/mol. The topological polar surface area (TPSA) is 0 Å². The van der Waals surface area contributed by atoms with Crippen LogP contribution < -0.4 is 0 Å². The molecule has 0 bridgehead atoms. The molecule has 0 spiro atoms. The van der Waals surface area contributed by atoms with Crippen molar-refractivity contribution in [3.63, 3.8) is 0 Å². The maximum Gasteiger partial charge on any atom is 0.0481 e. The van der Waals surface area contributed by atoms with Crippen molar-refractivity contribution in [3.8, 4) is 0 Å². The molecule has 0 unspecified atom stereocenters. The van der Waals surface area contributed by atoms with Crippen molar-refractivity contribution < 1.29 is 0 Å². The Balaban J connectivity index is 2.44. The Morgan fingerprint density at radius 2 is 1.87 bits per heavy atom. The molecule has 1 saturated carbocycles. The van der Waals surface area contributed by atoms with Gasteiger partial charge in [0.2, 0.25) is 0 Å². The first kappa shape index (κ1) is 10.8. The van der Waals surface area contributed by atoms with E-state index in [0.717, 1.165) is 5.02 Å². The average Bonchev–Trinajstić information content (AvgIpc) is 2.74. The van der Waals surface area contributed by atoms with Gasteiger partial charge < -0.3 is 0 Å². The molecule has 0 nitrogen and oxygen atoms in total. The van der Waals surface area contributed by atoms with Crippen LogP contribution in [0.1, 0.15) is 43.7 Å². The molecule has 80 valence electrons. The minimum Gasteiger partial charge on any atom is -0.0837 e. The molecular weight excluding hydrogens is 204 g/mol. The molecule has 0 aliphatic heterocycles. The Labute approximate surface area is 97.0 Å². The number of hydrogen-bond donors (Lipinski definition) is 0. The fourth-order valence-corrected chi connectivity index (χ4v) is 2.55. The lowest BCUT2D eigenvalue weighted by Gasteiger charge is -2.09. The molecule has 0 N–H and O–H groups in total. The van der Waals surface area contributed by atoms with E-state index in [4.69, 9.17) is 11.6 Å². The quantitative estimate of drug-likeness (QED) is 0.625. The van der Waals surface area contributed by atoms with Gasteiger partial charge in [0.1, 0.15) is 0 Å². The van der Waals surface area contributed by atoms with Crippen molar-refractivity contribution in [2.24, 2.45) is 0 Å². The molecule has 1 aliphatic rings. The largest absolute Gasteiger partial charge is 0.0837 e. The second-order valence-electron chi connectivity index (χ2n) is 4.42. The van der Waals surface area contributed by atoms with E-state index >= 15 is 0 Å². The molecule has 0 aromatic heterocycles. The van der Waals surface area contributed by atoms with Gasteiger partial charge in [-0.05, 0) is 56.7 Å². The zero-order chi connectivity index (χ0) is 10.8. The molecule has 15 heavy (non-hydrogen) atoms. The molecule has 2 rings (SSSR count).